The molecule has 1 rings (SSSR count). The Bertz CT molecular complexity index is 457. The number of nitrogens with one attached hydrogen (secondary N) is 1. The maximum absolute atomic E-state index is 8.95. The smallest absolute Gasteiger partial charge is 0.120 e. The van der Waals surface area contributed by atoms with Crippen molar-refractivity contribution in [2.75, 3.05) is 0 Å². The third kappa shape index (κ3) is 3.12. The van der Waals surface area contributed by atoms with Gasteiger partial charge in [0.2, 0.25) is 0 Å². The van der Waals surface area contributed by atoms with Gasteiger partial charge in [-0.05, 0) is 25.0 Å². The number of rotatable bonds is 5. The molecule has 0 aromatic carbocycles. The summed E-state index contributed by atoms with van der Waals surface area (Å²) in [6, 6.07) is 4.47. The molecule has 0 aliphatic heterocycles. The molecule has 0 fully saturated rings. The maximum Gasteiger partial charge on any atom is 0.120 e. The van der Waals surface area contributed by atoms with Crippen molar-refractivity contribution >= 4 is 0 Å². The van der Waals surface area contributed by atoms with Crippen LogP contribution in [0.2, 0.25) is 0 Å². The van der Waals surface area contributed by atoms with Gasteiger partial charge >= 0.3 is 0 Å². The van der Waals surface area contributed by atoms with Crippen molar-refractivity contribution in [2.45, 2.75) is 39.3 Å². The molecule has 0 radical (unpaired) electrons. The molecule has 1 atom stereocenters. The van der Waals surface area contributed by atoms with Crippen LogP contribution in [-0.2, 0) is 13.6 Å². The summed E-state index contributed by atoms with van der Waals surface area (Å²) in [6.45, 7) is 4.91. The fourth-order valence-corrected chi connectivity index (χ4v) is 1.81. The third-order valence-corrected chi connectivity index (χ3v) is 3.19. The lowest BCUT2D eigenvalue weighted by Crippen LogP contribution is -2.27. The molecule has 0 saturated heterocycles. The number of aromatic nitrogens is 1. The van der Waals surface area contributed by atoms with Crippen molar-refractivity contribution in [1.29, 1.82) is 5.26 Å². The number of terminal acetylenes is 1. The van der Waals surface area contributed by atoms with Crippen LogP contribution in [0.1, 0.15) is 36.7 Å². The standard InChI is InChI=1S/C14H19N3/c1-5-7-13(6-2)16-10-12-8-14(9-15)17(4)11(12)3/h1,8,13,16H,6-7,10H2,2-4H3. The Hall–Kier alpha value is -1.71. The van der Waals surface area contributed by atoms with Gasteiger partial charge in [0.25, 0.3) is 0 Å². The van der Waals surface area contributed by atoms with Gasteiger partial charge in [0, 0.05) is 31.7 Å². The van der Waals surface area contributed by atoms with E-state index in [1.165, 1.54) is 5.56 Å². The first kappa shape index (κ1) is 13.4. The van der Waals surface area contributed by atoms with Crippen LogP contribution in [-0.4, -0.2) is 10.6 Å². The Kier molecular flexibility index (Phi) is 4.82. The summed E-state index contributed by atoms with van der Waals surface area (Å²) in [5.41, 5.74) is 2.99. The van der Waals surface area contributed by atoms with E-state index in [9.17, 15) is 0 Å². The van der Waals surface area contributed by atoms with Crippen LogP contribution in [0.15, 0.2) is 6.07 Å². The van der Waals surface area contributed by atoms with Crippen molar-refractivity contribution in [3.05, 3.63) is 23.0 Å². The van der Waals surface area contributed by atoms with Gasteiger partial charge in [-0.25, -0.2) is 0 Å². The van der Waals surface area contributed by atoms with E-state index in [2.05, 4.69) is 24.2 Å². The molecule has 1 aromatic rings. The van der Waals surface area contributed by atoms with Gasteiger partial charge in [0.05, 0.1) is 0 Å². The number of hydrogen-bond donors (Lipinski definition) is 1. The van der Waals surface area contributed by atoms with Gasteiger partial charge in [-0.15, -0.1) is 12.3 Å². The Morgan fingerprint density at radius 3 is 2.76 bits per heavy atom. The van der Waals surface area contributed by atoms with Gasteiger partial charge in [-0.1, -0.05) is 6.92 Å². The maximum atomic E-state index is 8.95. The lowest BCUT2D eigenvalue weighted by molar-refractivity contribution is 0.505. The van der Waals surface area contributed by atoms with E-state index in [1.54, 1.807) is 0 Å². The largest absolute Gasteiger partial charge is 0.340 e. The lowest BCUT2D eigenvalue weighted by Gasteiger charge is -2.13. The first-order valence-corrected chi connectivity index (χ1v) is 5.86. The summed E-state index contributed by atoms with van der Waals surface area (Å²) in [7, 11) is 1.91. The van der Waals surface area contributed by atoms with Gasteiger partial charge in [-0.3, -0.25) is 0 Å². The molecule has 1 aromatic heterocycles. The summed E-state index contributed by atoms with van der Waals surface area (Å²) in [5.74, 6) is 2.68. The van der Waals surface area contributed by atoms with Crippen molar-refractivity contribution in [2.24, 2.45) is 7.05 Å². The number of hydrogen-bond acceptors (Lipinski definition) is 2. The molecule has 0 amide bonds. The minimum atomic E-state index is 0.352. The summed E-state index contributed by atoms with van der Waals surface area (Å²) < 4.78 is 1.92. The number of nitrogens with zero attached hydrogens (tertiary/aromatic N) is 2. The molecule has 0 spiro atoms. The fraction of sp³-hybridized carbons (Fsp3) is 0.500. The van der Waals surface area contributed by atoms with E-state index < -0.39 is 0 Å². The summed E-state index contributed by atoms with van der Waals surface area (Å²) >= 11 is 0. The highest BCUT2D eigenvalue weighted by atomic mass is 15.0. The lowest BCUT2D eigenvalue weighted by atomic mass is 10.1. The normalized spacial score (nSPS) is 11.8. The molecule has 90 valence electrons. The molecule has 0 aliphatic rings. The summed E-state index contributed by atoms with van der Waals surface area (Å²) in [5, 5.41) is 12.4. The van der Waals surface area contributed by atoms with Crippen LogP contribution in [0.3, 0.4) is 0 Å². The zero-order valence-electron chi connectivity index (χ0n) is 10.7. The van der Waals surface area contributed by atoms with E-state index in [1.807, 2.05) is 24.6 Å². The van der Waals surface area contributed by atoms with E-state index in [0.717, 1.165) is 25.1 Å². The topological polar surface area (TPSA) is 40.8 Å². The quantitative estimate of drug-likeness (QED) is 0.785. The predicted molar refractivity (Wildman–Crippen MR) is 69.2 cm³/mol. The van der Waals surface area contributed by atoms with Crippen LogP contribution in [0.25, 0.3) is 0 Å². The molecule has 0 saturated carbocycles. The minimum absolute atomic E-state index is 0.352. The van der Waals surface area contributed by atoms with E-state index >= 15 is 0 Å². The molecular weight excluding hydrogens is 210 g/mol. The van der Waals surface area contributed by atoms with Gasteiger partial charge in [0.15, 0.2) is 0 Å². The first-order valence-electron chi connectivity index (χ1n) is 5.86. The Labute approximate surface area is 103 Å². The van der Waals surface area contributed by atoms with Crippen molar-refractivity contribution < 1.29 is 0 Å². The highest BCUT2D eigenvalue weighted by Gasteiger charge is 2.10. The van der Waals surface area contributed by atoms with Crippen molar-refractivity contribution in [3.8, 4) is 18.4 Å². The van der Waals surface area contributed by atoms with Crippen LogP contribution >= 0.6 is 0 Å². The molecule has 17 heavy (non-hydrogen) atoms. The SMILES string of the molecule is C#CCC(CC)NCc1cc(C#N)n(C)c1C. The molecule has 1 unspecified atom stereocenters. The highest BCUT2D eigenvalue weighted by molar-refractivity contribution is 5.34. The van der Waals surface area contributed by atoms with Crippen LogP contribution in [0.5, 0.6) is 0 Å². The van der Waals surface area contributed by atoms with Crippen LogP contribution in [0.4, 0.5) is 0 Å². The average molecular weight is 229 g/mol. The first-order chi connectivity index (χ1) is 8.13. The van der Waals surface area contributed by atoms with Crippen LogP contribution < -0.4 is 5.32 Å². The second kappa shape index (κ2) is 6.13. The second-order valence-electron chi connectivity index (χ2n) is 4.21. The van der Waals surface area contributed by atoms with Crippen molar-refractivity contribution in [3.63, 3.8) is 0 Å². The van der Waals surface area contributed by atoms with E-state index in [0.29, 0.717) is 11.7 Å². The molecule has 1 heterocycles. The second-order valence-corrected chi connectivity index (χ2v) is 4.21. The molecular formula is C14H19N3. The monoisotopic (exact) mass is 229 g/mol. The Morgan fingerprint density at radius 1 is 1.59 bits per heavy atom. The Balaban J connectivity index is 2.70. The Morgan fingerprint density at radius 2 is 2.29 bits per heavy atom. The summed E-state index contributed by atoms with van der Waals surface area (Å²) in [6.07, 6.45) is 7.08. The van der Waals surface area contributed by atoms with Crippen LogP contribution in [0, 0.1) is 30.6 Å². The zero-order chi connectivity index (χ0) is 12.8. The molecule has 3 heteroatoms. The molecule has 1 N–H and O–H groups in total. The zero-order valence-corrected chi connectivity index (χ0v) is 10.7. The fourth-order valence-electron chi connectivity index (χ4n) is 1.81. The number of nitriles is 1. The van der Waals surface area contributed by atoms with Crippen molar-refractivity contribution in [1.82, 2.24) is 9.88 Å². The predicted octanol–water partition coefficient (Wildman–Crippen LogP) is 2.10. The molecule has 0 bridgehead atoms. The van der Waals surface area contributed by atoms with Gasteiger partial charge < -0.3 is 9.88 Å². The molecule has 3 nitrogen and oxygen atoms in total. The van der Waals surface area contributed by atoms with Gasteiger partial charge in [0.1, 0.15) is 11.8 Å². The summed E-state index contributed by atoms with van der Waals surface area (Å²) in [4.78, 5) is 0. The molecule has 0 aliphatic carbocycles. The minimum Gasteiger partial charge on any atom is -0.340 e. The highest BCUT2D eigenvalue weighted by Crippen LogP contribution is 2.13. The average Bonchev–Trinajstić information content (AvgIpc) is 2.61. The van der Waals surface area contributed by atoms with Gasteiger partial charge in [-0.2, -0.15) is 5.26 Å². The third-order valence-electron chi connectivity index (χ3n) is 3.19. The van der Waals surface area contributed by atoms with E-state index in [4.69, 9.17) is 11.7 Å². The van der Waals surface area contributed by atoms with E-state index in [-0.39, 0.29) is 0 Å².